The van der Waals surface area contributed by atoms with Gasteiger partial charge in [0.1, 0.15) is 75.3 Å². The highest BCUT2D eigenvalue weighted by Gasteiger charge is 2.61. The van der Waals surface area contributed by atoms with E-state index in [2.05, 4.69) is 0 Å². The normalized spacial score (nSPS) is 29.7. The van der Waals surface area contributed by atoms with Gasteiger partial charge in [0.15, 0.2) is 86.2 Å². The lowest BCUT2D eigenvalue weighted by atomic mass is 9.95. The van der Waals surface area contributed by atoms with Crippen LogP contribution < -0.4 is 0 Å². The molecule has 38 nitrogen and oxygen atoms in total. The Morgan fingerprint density at radius 3 is 0.851 bits per heavy atom. The van der Waals surface area contributed by atoms with E-state index in [0.717, 1.165) is 96.9 Å². The van der Waals surface area contributed by atoms with Gasteiger partial charge in [-0.1, -0.05) is 30.3 Å². The number of ether oxygens (including phenoxy) is 23. The second-order valence-electron chi connectivity index (χ2n) is 22.9. The summed E-state index contributed by atoms with van der Waals surface area (Å²) in [5, 5.41) is 11.6. The van der Waals surface area contributed by atoms with E-state index in [1.807, 2.05) is 0 Å². The Hall–Kier alpha value is -8.60. The van der Waals surface area contributed by atoms with Crippen LogP contribution >= 0.6 is 0 Å². The van der Waals surface area contributed by atoms with Gasteiger partial charge < -0.3 is 114 Å². The molecule has 1 aromatic carbocycles. The lowest BCUT2D eigenvalue weighted by Gasteiger charge is -2.49. The fourth-order valence-electron chi connectivity index (χ4n) is 10.9. The molecule has 4 heterocycles. The zero-order chi connectivity index (χ0) is 75.1. The maximum absolute atomic E-state index is 13.4. The van der Waals surface area contributed by atoms with Crippen LogP contribution in [-0.2, 0) is 183 Å². The van der Waals surface area contributed by atoms with Crippen molar-refractivity contribution in [3.63, 3.8) is 0 Å². The van der Waals surface area contributed by atoms with E-state index in [1.165, 1.54) is 0 Å². The minimum atomic E-state index is -2.15. The Labute approximate surface area is 577 Å². The zero-order valence-electron chi connectivity index (χ0n) is 57.6. The maximum atomic E-state index is 13.4. The predicted molar refractivity (Wildman–Crippen MR) is 319 cm³/mol. The Balaban J connectivity index is 1.70. The van der Waals surface area contributed by atoms with Crippen LogP contribution in [0.15, 0.2) is 30.3 Å². The van der Waals surface area contributed by atoms with E-state index in [1.54, 1.807) is 30.3 Å². The summed E-state index contributed by atoms with van der Waals surface area (Å²) in [6, 6.07) is 8.41. The smallest absolute Gasteiger partial charge is 0.303 e. The molecule has 0 amide bonds. The van der Waals surface area contributed by atoms with Crippen LogP contribution in [0.5, 0.6) is 0 Å². The summed E-state index contributed by atoms with van der Waals surface area (Å²) in [5.74, 6) is -14.3. The molecule has 22 atom stereocenters. The highest BCUT2D eigenvalue weighted by Crippen LogP contribution is 2.39. The minimum Gasteiger partial charge on any atom is -0.463 e. The summed E-state index contributed by atoms with van der Waals surface area (Å²) in [6.45, 7) is 8.03. The summed E-state index contributed by atoms with van der Waals surface area (Å²) in [5.41, 5.74) is 0.559. The van der Waals surface area contributed by atoms with Gasteiger partial charge in [0.05, 0.1) is 19.8 Å². The molecule has 1 N–H and O–H groups in total. The van der Waals surface area contributed by atoms with Gasteiger partial charge in [0.2, 0.25) is 0 Å². The molecule has 0 unspecified atom stereocenters. The van der Waals surface area contributed by atoms with Crippen molar-refractivity contribution >= 4 is 83.6 Å². The Kier molecular flexibility index (Phi) is 32.5. The molecule has 38 heteroatoms. The van der Waals surface area contributed by atoms with Crippen LogP contribution in [-0.4, -0.2) is 263 Å². The molecular weight excluding hydrogens is 1360 g/mol. The van der Waals surface area contributed by atoms with E-state index < -0.39 is 258 Å². The number of hydrogen-bond donors (Lipinski definition) is 1. The minimum absolute atomic E-state index is 0.220. The van der Waals surface area contributed by atoms with Crippen LogP contribution in [0.4, 0.5) is 0 Å². The number of aliphatic hydroxyl groups excluding tert-OH is 1. The lowest BCUT2D eigenvalue weighted by Crippen LogP contribution is -2.68. The monoisotopic (exact) mass is 1450 g/mol. The third kappa shape index (κ3) is 26.1. The van der Waals surface area contributed by atoms with Crippen LogP contribution in [0.25, 0.3) is 0 Å². The van der Waals surface area contributed by atoms with E-state index in [4.69, 9.17) is 109 Å². The Bertz CT molecular complexity index is 3050. The first-order chi connectivity index (χ1) is 47.5. The predicted octanol–water partition coefficient (Wildman–Crippen LogP) is -0.795. The first-order valence-corrected chi connectivity index (χ1v) is 31.3. The molecule has 0 saturated carbocycles. The number of carbonyl (C=O) groups is 14. The second kappa shape index (κ2) is 39.6. The molecule has 0 aliphatic carbocycles. The van der Waals surface area contributed by atoms with E-state index in [-0.39, 0.29) is 6.61 Å². The van der Waals surface area contributed by atoms with Crippen LogP contribution in [0, 0.1) is 0 Å². The summed E-state index contributed by atoms with van der Waals surface area (Å²) >= 11 is 0. The van der Waals surface area contributed by atoms with Gasteiger partial charge >= 0.3 is 83.6 Å². The van der Waals surface area contributed by atoms with Gasteiger partial charge in [-0.15, -0.1) is 0 Å². The van der Waals surface area contributed by atoms with Gasteiger partial charge in [-0.3, -0.25) is 67.1 Å². The molecule has 4 aliphatic heterocycles. The summed E-state index contributed by atoms with van der Waals surface area (Å²) < 4.78 is 135. The van der Waals surface area contributed by atoms with E-state index >= 15 is 0 Å². The molecule has 0 bridgehead atoms. The SMILES string of the molecule is CC(=O)OC[C@H]1O[C@@H](O[C@H]2[C@H](OC(C)=O)[C@@H](OC(C)=O)[C@H](O[C@H](CO)[C@@H](COCc3ccccc3)O[C@@H]3O[C@H](COC(C)=O)[C@@H](O[C@@H]4O[C@H](COC(C)=O)[C@H](OC(C)=O)[C@H](OC(C)=O)[C@H]4OC(C)=O)[C@H](OC(C)=O)[C@H]3OC(C)=O)O[C@@H]2COC(C)=O)[C@H](OC(C)=O)[C@@H](OC(C)=O)[C@H]1OC(C)=O. The summed E-state index contributed by atoms with van der Waals surface area (Å²) in [4.78, 5) is 180. The third-order valence-corrected chi connectivity index (χ3v) is 14.4. The highest BCUT2D eigenvalue weighted by atomic mass is 16.8. The molecule has 1 aromatic rings. The maximum Gasteiger partial charge on any atom is 0.303 e. The average Bonchev–Trinajstić information content (AvgIpc) is 0.769. The topological polar surface area (TPSA) is 472 Å². The molecule has 0 aromatic heterocycles. The standard InChI is InChI=1S/C63H84O38/c1-27(65)80-23-44-48(84-31(5)69)52(86-33(7)71)58(92-39(13)77)62(98-44)100-50-46(25-82-29(3)67)96-60(56(90-37(11)75)54(50)88-35(9)73)94-42(20-64)43(22-79-21-41-18-16-15-17-19-41)95-61-57(91-38(12)76)55(89-36(10)74)51(47(97-61)26-83-30(4)68)101-63-59(93-40(14)78)53(87-34(8)72)49(85-32(6)70)45(99-63)24-81-28(2)66/h15-19,42-64H,20-26H2,1-14H3/t42-,43-,44-,45-,46-,47-,48+,49+,50-,51-,52+,53+,54+,55+,56-,57-,58-,59-,60-,61-,62+,63+/m1/s1. The highest BCUT2D eigenvalue weighted by molar-refractivity contribution is 5.71. The van der Waals surface area contributed by atoms with Crippen molar-refractivity contribution in [2.75, 3.05) is 39.6 Å². The molecular formula is C63H84O38. The largest absolute Gasteiger partial charge is 0.463 e. The summed E-state index contributed by atoms with van der Waals surface area (Å²) in [7, 11) is 0. The first-order valence-electron chi connectivity index (χ1n) is 31.3. The fourth-order valence-corrected chi connectivity index (χ4v) is 10.9. The van der Waals surface area contributed by atoms with Crippen molar-refractivity contribution in [2.24, 2.45) is 0 Å². The third-order valence-electron chi connectivity index (χ3n) is 14.4. The van der Waals surface area contributed by atoms with Gasteiger partial charge in [0, 0.05) is 96.9 Å². The van der Waals surface area contributed by atoms with E-state index in [0.29, 0.717) is 5.56 Å². The average molecular weight is 1450 g/mol. The van der Waals surface area contributed by atoms with Crippen molar-refractivity contribution in [1.29, 1.82) is 0 Å². The molecule has 4 aliphatic rings. The van der Waals surface area contributed by atoms with Crippen molar-refractivity contribution < 1.29 is 181 Å². The number of carbonyl (C=O) groups excluding carboxylic acids is 14. The van der Waals surface area contributed by atoms with Gasteiger partial charge in [0.25, 0.3) is 0 Å². The number of benzene rings is 1. The quantitative estimate of drug-likeness (QED) is 0.0682. The van der Waals surface area contributed by atoms with Gasteiger partial charge in [-0.25, -0.2) is 0 Å². The number of esters is 14. The van der Waals surface area contributed by atoms with Crippen molar-refractivity contribution in [3.8, 4) is 0 Å². The van der Waals surface area contributed by atoms with E-state index in [9.17, 15) is 72.2 Å². The van der Waals surface area contributed by atoms with Crippen molar-refractivity contribution in [2.45, 2.75) is 239 Å². The Morgan fingerprint density at radius 1 is 0.317 bits per heavy atom. The zero-order valence-corrected chi connectivity index (χ0v) is 57.6. The van der Waals surface area contributed by atoms with Crippen molar-refractivity contribution in [3.05, 3.63) is 35.9 Å². The van der Waals surface area contributed by atoms with Crippen LogP contribution in [0.1, 0.15) is 102 Å². The number of hydrogen-bond acceptors (Lipinski definition) is 38. The second-order valence-corrected chi connectivity index (χ2v) is 22.9. The molecule has 564 valence electrons. The lowest BCUT2D eigenvalue weighted by molar-refractivity contribution is -0.377. The fraction of sp³-hybridized carbons (Fsp3) is 0.683. The number of aliphatic hydroxyl groups is 1. The Morgan fingerprint density at radius 2 is 0.564 bits per heavy atom. The van der Waals surface area contributed by atoms with Crippen molar-refractivity contribution in [1.82, 2.24) is 0 Å². The van der Waals surface area contributed by atoms with Crippen LogP contribution in [0.2, 0.25) is 0 Å². The molecule has 0 spiro atoms. The summed E-state index contributed by atoms with van der Waals surface area (Å²) in [6.07, 6.45) is -42.3. The molecule has 4 saturated heterocycles. The van der Waals surface area contributed by atoms with Gasteiger partial charge in [-0.2, -0.15) is 0 Å². The molecule has 5 rings (SSSR count). The molecule has 101 heavy (non-hydrogen) atoms. The first kappa shape index (κ1) is 83.1. The molecule has 0 radical (unpaired) electrons. The molecule has 4 fully saturated rings. The van der Waals surface area contributed by atoms with Gasteiger partial charge in [-0.05, 0) is 5.56 Å². The van der Waals surface area contributed by atoms with Crippen LogP contribution in [0.3, 0.4) is 0 Å². The number of rotatable bonds is 32.